The fourth-order valence-electron chi connectivity index (χ4n) is 1.78. The van der Waals surface area contributed by atoms with Gasteiger partial charge in [-0.2, -0.15) is 4.98 Å². The molecule has 6 nitrogen and oxygen atoms in total. The number of hydrogen-bond acceptors (Lipinski definition) is 5. The summed E-state index contributed by atoms with van der Waals surface area (Å²) in [7, 11) is 0. The zero-order valence-corrected chi connectivity index (χ0v) is 12.2. The molecule has 0 saturated carbocycles. The molecule has 0 fully saturated rings. The molecular weight excluding hydrogens is 310 g/mol. The largest absolute Gasteiger partial charge is 0.348 e. The molecule has 7 heteroatoms. The number of aryl methyl sites for hydroxylation is 1. The highest BCUT2D eigenvalue weighted by atomic mass is 79.9. The normalized spacial score (nSPS) is 10.5. The van der Waals surface area contributed by atoms with E-state index >= 15 is 0 Å². The first-order valence-electron chi connectivity index (χ1n) is 5.68. The maximum Gasteiger partial charge on any atom is 0.348 e. The Morgan fingerprint density at radius 1 is 1.47 bits per heavy atom. The van der Waals surface area contributed by atoms with Gasteiger partial charge in [0.15, 0.2) is 0 Å². The smallest absolute Gasteiger partial charge is 0.324 e. The Hall–Kier alpha value is -1.73. The number of anilines is 1. The van der Waals surface area contributed by atoms with Crippen molar-refractivity contribution in [3.8, 4) is 0 Å². The lowest BCUT2D eigenvalue weighted by Crippen LogP contribution is -2.27. The number of hydrogen-bond donors (Lipinski definition) is 2. The second-order valence-corrected chi connectivity index (χ2v) is 4.94. The Morgan fingerprint density at radius 2 is 2.21 bits per heavy atom. The van der Waals surface area contributed by atoms with Crippen LogP contribution in [0.15, 0.2) is 27.6 Å². The SMILES string of the molecule is Cc1nc(=O)n(Cc2cc(NN)ccn2)c(C)c1Br. The molecular formula is C12H14BrN5O. The van der Waals surface area contributed by atoms with Crippen LogP contribution in [0.3, 0.4) is 0 Å². The summed E-state index contributed by atoms with van der Waals surface area (Å²) in [4.78, 5) is 20.1. The van der Waals surface area contributed by atoms with E-state index in [4.69, 9.17) is 5.84 Å². The van der Waals surface area contributed by atoms with Gasteiger partial charge in [0, 0.05) is 11.9 Å². The number of nitrogens with one attached hydrogen (secondary N) is 1. The summed E-state index contributed by atoms with van der Waals surface area (Å²) in [6.45, 7) is 4.01. The van der Waals surface area contributed by atoms with Crippen LogP contribution in [0.2, 0.25) is 0 Å². The Bertz CT molecular complexity index is 668. The van der Waals surface area contributed by atoms with E-state index < -0.39 is 0 Å². The van der Waals surface area contributed by atoms with E-state index in [1.807, 2.05) is 6.92 Å². The Labute approximate surface area is 118 Å². The Balaban J connectivity index is 2.43. The molecule has 2 aromatic heterocycles. The van der Waals surface area contributed by atoms with Crippen LogP contribution >= 0.6 is 15.9 Å². The van der Waals surface area contributed by atoms with Gasteiger partial charge in [-0.25, -0.2) is 4.79 Å². The number of halogens is 1. The molecule has 0 aromatic carbocycles. The lowest BCUT2D eigenvalue weighted by atomic mass is 10.3. The van der Waals surface area contributed by atoms with Crippen molar-refractivity contribution >= 4 is 21.6 Å². The van der Waals surface area contributed by atoms with Gasteiger partial charge >= 0.3 is 5.69 Å². The maximum absolute atomic E-state index is 11.9. The molecule has 0 aliphatic heterocycles. The molecule has 0 saturated heterocycles. The van der Waals surface area contributed by atoms with Gasteiger partial charge in [-0.3, -0.25) is 15.4 Å². The van der Waals surface area contributed by atoms with Crippen molar-refractivity contribution in [3.05, 3.63) is 50.4 Å². The van der Waals surface area contributed by atoms with E-state index in [0.29, 0.717) is 12.2 Å². The monoisotopic (exact) mass is 323 g/mol. The third-order valence-corrected chi connectivity index (χ3v) is 3.99. The molecule has 0 spiro atoms. The molecule has 0 radical (unpaired) electrons. The van der Waals surface area contributed by atoms with Crippen molar-refractivity contribution < 1.29 is 0 Å². The van der Waals surface area contributed by atoms with Crippen molar-refractivity contribution in [2.75, 3.05) is 5.43 Å². The summed E-state index contributed by atoms with van der Waals surface area (Å²) in [6, 6.07) is 3.54. The molecule has 0 atom stereocenters. The van der Waals surface area contributed by atoms with Crippen molar-refractivity contribution in [1.29, 1.82) is 0 Å². The van der Waals surface area contributed by atoms with E-state index in [2.05, 4.69) is 31.3 Å². The Morgan fingerprint density at radius 3 is 2.89 bits per heavy atom. The summed E-state index contributed by atoms with van der Waals surface area (Å²) >= 11 is 3.43. The molecule has 19 heavy (non-hydrogen) atoms. The summed E-state index contributed by atoms with van der Waals surface area (Å²) in [6.07, 6.45) is 1.64. The number of nitrogen functional groups attached to an aromatic ring is 1. The maximum atomic E-state index is 11.9. The number of rotatable bonds is 3. The minimum atomic E-state index is -0.286. The van der Waals surface area contributed by atoms with Crippen LogP contribution in [0.25, 0.3) is 0 Å². The molecule has 0 aliphatic carbocycles. The van der Waals surface area contributed by atoms with Gasteiger partial charge in [0.1, 0.15) is 0 Å². The molecule has 0 amide bonds. The van der Waals surface area contributed by atoms with Gasteiger partial charge in [-0.05, 0) is 41.9 Å². The Kier molecular flexibility index (Phi) is 3.96. The highest BCUT2D eigenvalue weighted by Crippen LogP contribution is 2.17. The fourth-order valence-corrected chi connectivity index (χ4v) is 2.08. The molecule has 0 unspecified atom stereocenters. The molecule has 2 aromatic rings. The molecule has 3 N–H and O–H groups in total. The number of pyridine rings is 1. The average molecular weight is 324 g/mol. The number of nitrogens with zero attached hydrogens (tertiary/aromatic N) is 3. The van der Waals surface area contributed by atoms with Gasteiger partial charge < -0.3 is 5.43 Å². The van der Waals surface area contributed by atoms with Crippen LogP contribution in [0.1, 0.15) is 17.1 Å². The molecule has 0 aliphatic rings. The zero-order valence-electron chi connectivity index (χ0n) is 10.6. The quantitative estimate of drug-likeness (QED) is 0.657. The number of aromatic nitrogens is 3. The topological polar surface area (TPSA) is 85.8 Å². The molecule has 100 valence electrons. The molecule has 2 heterocycles. The lowest BCUT2D eigenvalue weighted by Gasteiger charge is -2.12. The average Bonchev–Trinajstić information content (AvgIpc) is 2.41. The highest BCUT2D eigenvalue weighted by Gasteiger charge is 2.10. The number of nitrogens with two attached hydrogens (primary N) is 1. The van der Waals surface area contributed by atoms with E-state index in [9.17, 15) is 4.79 Å². The van der Waals surface area contributed by atoms with Crippen molar-refractivity contribution in [2.24, 2.45) is 5.84 Å². The fraction of sp³-hybridized carbons (Fsp3) is 0.250. The van der Waals surface area contributed by atoms with Gasteiger partial charge in [0.25, 0.3) is 0 Å². The highest BCUT2D eigenvalue weighted by molar-refractivity contribution is 9.10. The molecule has 0 bridgehead atoms. The summed E-state index contributed by atoms with van der Waals surface area (Å²) in [5, 5.41) is 0. The summed E-state index contributed by atoms with van der Waals surface area (Å²) in [5.41, 5.74) is 5.25. The number of hydrazine groups is 1. The van der Waals surface area contributed by atoms with Crippen LogP contribution in [0, 0.1) is 13.8 Å². The van der Waals surface area contributed by atoms with Crippen LogP contribution in [0.4, 0.5) is 5.69 Å². The minimum Gasteiger partial charge on any atom is -0.324 e. The summed E-state index contributed by atoms with van der Waals surface area (Å²) in [5.74, 6) is 5.35. The first kappa shape index (κ1) is 13.7. The van der Waals surface area contributed by atoms with Crippen LogP contribution in [-0.2, 0) is 6.54 Å². The predicted molar refractivity (Wildman–Crippen MR) is 76.8 cm³/mol. The van der Waals surface area contributed by atoms with E-state index in [0.717, 1.165) is 21.5 Å². The van der Waals surface area contributed by atoms with Crippen LogP contribution < -0.4 is 17.0 Å². The van der Waals surface area contributed by atoms with Crippen LogP contribution in [0.5, 0.6) is 0 Å². The zero-order chi connectivity index (χ0) is 14.0. The van der Waals surface area contributed by atoms with Crippen molar-refractivity contribution in [3.63, 3.8) is 0 Å². The van der Waals surface area contributed by atoms with Gasteiger partial charge in [-0.15, -0.1) is 0 Å². The van der Waals surface area contributed by atoms with E-state index in [-0.39, 0.29) is 5.69 Å². The second-order valence-electron chi connectivity index (χ2n) is 4.15. The van der Waals surface area contributed by atoms with Gasteiger partial charge in [0.2, 0.25) is 0 Å². The third kappa shape index (κ3) is 2.82. The standard InChI is InChI=1S/C12H14BrN5O/c1-7-11(13)8(2)18(12(19)16-7)6-10-5-9(17-14)3-4-15-10/h3-5H,6,14H2,1-2H3,(H,15,17). The first-order chi connectivity index (χ1) is 9.02. The first-order valence-corrected chi connectivity index (χ1v) is 6.47. The van der Waals surface area contributed by atoms with Crippen molar-refractivity contribution in [2.45, 2.75) is 20.4 Å². The summed E-state index contributed by atoms with van der Waals surface area (Å²) < 4.78 is 2.40. The van der Waals surface area contributed by atoms with Crippen LogP contribution in [-0.4, -0.2) is 14.5 Å². The third-order valence-electron chi connectivity index (χ3n) is 2.84. The van der Waals surface area contributed by atoms with Crippen molar-refractivity contribution in [1.82, 2.24) is 14.5 Å². The minimum absolute atomic E-state index is 0.286. The molecule has 2 rings (SSSR count). The second kappa shape index (κ2) is 5.50. The van der Waals surface area contributed by atoms with E-state index in [1.165, 1.54) is 0 Å². The lowest BCUT2D eigenvalue weighted by molar-refractivity contribution is 0.676. The predicted octanol–water partition coefficient (Wildman–Crippen LogP) is 1.35. The van der Waals surface area contributed by atoms with Gasteiger partial charge in [0.05, 0.1) is 28.1 Å². The van der Waals surface area contributed by atoms with Gasteiger partial charge in [-0.1, -0.05) is 0 Å². The van der Waals surface area contributed by atoms with E-state index in [1.54, 1.807) is 29.8 Å².